The summed E-state index contributed by atoms with van der Waals surface area (Å²) < 4.78 is 16.4. The number of hydrogen-bond donors (Lipinski definition) is 1. The first-order valence-electron chi connectivity index (χ1n) is 9.27. The fourth-order valence-corrected chi connectivity index (χ4v) is 4.05. The van der Waals surface area contributed by atoms with E-state index in [0.29, 0.717) is 4.68 Å². The molecule has 3 aromatic carbocycles. The van der Waals surface area contributed by atoms with Crippen LogP contribution in [0.4, 0.5) is 20.6 Å². The van der Waals surface area contributed by atoms with Crippen LogP contribution in [0, 0.1) is 15.9 Å². The minimum absolute atomic E-state index is 0.0201. The number of anilines is 1. The van der Waals surface area contributed by atoms with Crippen LogP contribution in [0.2, 0.25) is 15.1 Å². The zero-order valence-corrected chi connectivity index (χ0v) is 18.7. The quantitative estimate of drug-likeness (QED) is 0.272. The first kappa shape index (κ1) is 22.8. The van der Waals surface area contributed by atoms with E-state index in [-0.39, 0.29) is 49.5 Å². The summed E-state index contributed by atoms with van der Waals surface area (Å²) in [5.41, 5.74) is -0.967. The summed E-state index contributed by atoms with van der Waals surface area (Å²) in [6.45, 7) is -0.314. The second-order valence-corrected chi connectivity index (χ2v) is 8.08. The van der Waals surface area contributed by atoms with Crippen LogP contribution in [0.15, 0.2) is 59.4 Å². The third-order valence-electron chi connectivity index (χ3n) is 4.89. The molecule has 1 amide bonds. The van der Waals surface area contributed by atoms with E-state index in [0.717, 1.165) is 6.07 Å². The van der Waals surface area contributed by atoms with Crippen molar-refractivity contribution in [2.24, 2.45) is 0 Å². The number of benzene rings is 3. The predicted molar refractivity (Wildman–Crippen MR) is 124 cm³/mol. The van der Waals surface area contributed by atoms with Crippen molar-refractivity contribution in [3.63, 3.8) is 0 Å². The molecule has 1 N–H and O–H groups in total. The number of fused-ring (bicyclic) bond motifs is 1. The normalized spacial score (nSPS) is 11.0. The van der Waals surface area contributed by atoms with E-state index >= 15 is 0 Å². The van der Waals surface area contributed by atoms with Crippen molar-refractivity contribution in [1.29, 1.82) is 0 Å². The molecule has 0 atom stereocenters. The van der Waals surface area contributed by atoms with Crippen molar-refractivity contribution in [3.05, 3.63) is 102 Å². The van der Waals surface area contributed by atoms with Gasteiger partial charge in [-0.25, -0.2) is 9.18 Å². The number of hydrogen-bond acceptors (Lipinski definition) is 4. The molecule has 8 nitrogen and oxygen atoms in total. The Bertz CT molecular complexity index is 1460. The van der Waals surface area contributed by atoms with Crippen molar-refractivity contribution in [1.82, 2.24) is 9.36 Å². The largest absolute Gasteiger partial charge is 0.348 e. The van der Waals surface area contributed by atoms with E-state index in [1.807, 2.05) is 0 Å². The van der Waals surface area contributed by atoms with Gasteiger partial charge in [0.25, 0.3) is 11.2 Å². The van der Waals surface area contributed by atoms with E-state index in [1.54, 1.807) is 6.07 Å². The van der Waals surface area contributed by atoms with Gasteiger partial charge in [0.05, 0.1) is 38.1 Å². The van der Waals surface area contributed by atoms with Crippen LogP contribution in [0.25, 0.3) is 10.9 Å². The first-order chi connectivity index (χ1) is 15.7. The first-order valence-corrected chi connectivity index (χ1v) is 10.4. The molecule has 0 aliphatic carbocycles. The number of carbonyl (C=O) groups is 1. The molecular formula is C21H12Cl3FN4O4. The molecule has 0 saturated heterocycles. The highest BCUT2D eigenvalue weighted by Gasteiger charge is 2.23. The number of halogens is 4. The number of amides is 1. The molecule has 33 heavy (non-hydrogen) atoms. The van der Waals surface area contributed by atoms with Crippen LogP contribution in [-0.4, -0.2) is 20.3 Å². The van der Waals surface area contributed by atoms with Crippen LogP contribution in [0.1, 0.15) is 5.56 Å². The zero-order valence-electron chi connectivity index (χ0n) is 16.4. The highest BCUT2D eigenvalue weighted by molar-refractivity contribution is 6.39. The monoisotopic (exact) mass is 508 g/mol. The Morgan fingerprint density at radius 3 is 2.30 bits per heavy atom. The molecule has 0 bridgehead atoms. The molecule has 0 aliphatic rings. The molecule has 0 fully saturated rings. The summed E-state index contributed by atoms with van der Waals surface area (Å²) in [5, 5.41) is 13.9. The van der Waals surface area contributed by atoms with Gasteiger partial charge in [-0.15, -0.1) is 0 Å². The predicted octanol–water partition coefficient (Wildman–Crippen LogP) is 5.94. The van der Waals surface area contributed by atoms with Gasteiger partial charge in [0.1, 0.15) is 5.82 Å². The molecule has 168 valence electrons. The number of carbonyl (C=O) groups excluding carboxylic acids is 1. The Kier molecular flexibility index (Phi) is 6.11. The minimum atomic E-state index is -0.957. The summed E-state index contributed by atoms with van der Waals surface area (Å²) in [6, 6.07) is 11.2. The molecule has 4 aromatic rings. The molecule has 0 saturated carbocycles. The van der Waals surface area contributed by atoms with Gasteiger partial charge in [-0.3, -0.25) is 19.6 Å². The average molecular weight is 510 g/mol. The highest BCUT2D eigenvalue weighted by Crippen LogP contribution is 2.30. The lowest BCUT2D eigenvalue weighted by atomic mass is 10.2. The number of para-hydroxylation sites is 1. The lowest BCUT2D eigenvalue weighted by Gasteiger charge is -2.15. The summed E-state index contributed by atoms with van der Waals surface area (Å²) in [4.78, 5) is 36.8. The highest BCUT2D eigenvalue weighted by atomic mass is 35.5. The molecule has 0 unspecified atom stereocenters. The number of nitro benzene ring substituents is 1. The van der Waals surface area contributed by atoms with Gasteiger partial charge in [0.15, 0.2) is 0 Å². The molecule has 12 heteroatoms. The smallest absolute Gasteiger partial charge is 0.303 e. The fourth-order valence-electron chi connectivity index (χ4n) is 3.33. The van der Waals surface area contributed by atoms with Gasteiger partial charge in [-0.05, 0) is 30.3 Å². The van der Waals surface area contributed by atoms with Crippen LogP contribution in [0.5, 0.6) is 0 Å². The van der Waals surface area contributed by atoms with Crippen LogP contribution in [-0.2, 0) is 6.54 Å². The number of nitrogens with one attached hydrogen (secondary N) is 1. The van der Waals surface area contributed by atoms with Gasteiger partial charge in [-0.1, -0.05) is 46.9 Å². The van der Waals surface area contributed by atoms with E-state index in [9.17, 15) is 24.1 Å². The van der Waals surface area contributed by atoms with Gasteiger partial charge in [-0.2, -0.15) is 4.68 Å². The Balaban J connectivity index is 1.93. The number of aromatic nitrogens is 2. The fraction of sp³-hybridized carbons (Fsp3) is 0.0476. The third-order valence-corrected chi connectivity index (χ3v) is 5.87. The summed E-state index contributed by atoms with van der Waals surface area (Å²) >= 11 is 18.4. The number of non-ortho nitro benzene ring substituents is 1. The SMILES string of the molecule is O=C(Nc1c(Cl)cccc1Cl)n1c(=O)c2cc([N+](=O)[O-])ccc2n1Cc1c(F)cccc1Cl. The molecule has 1 aromatic heterocycles. The van der Waals surface area contributed by atoms with E-state index < -0.39 is 22.3 Å². The lowest BCUT2D eigenvalue weighted by Crippen LogP contribution is -2.34. The Labute approximate surface area is 199 Å². The van der Waals surface area contributed by atoms with Gasteiger partial charge < -0.3 is 5.32 Å². The summed E-state index contributed by atoms with van der Waals surface area (Å²) in [6.07, 6.45) is 0. The zero-order chi connectivity index (χ0) is 23.9. The van der Waals surface area contributed by atoms with Gasteiger partial charge >= 0.3 is 6.03 Å². The van der Waals surface area contributed by atoms with Gasteiger partial charge in [0.2, 0.25) is 0 Å². The summed E-state index contributed by atoms with van der Waals surface area (Å²) in [5.74, 6) is -0.653. The third kappa shape index (κ3) is 4.18. The Morgan fingerprint density at radius 1 is 1.03 bits per heavy atom. The molecule has 0 spiro atoms. The number of rotatable bonds is 4. The van der Waals surface area contributed by atoms with E-state index in [1.165, 1.54) is 47.1 Å². The van der Waals surface area contributed by atoms with Crippen molar-refractivity contribution in [3.8, 4) is 0 Å². The van der Waals surface area contributed by atoms with E-state index in [4.69, 9.17) is 34.8 Å². The Morgan fingerprint density at radius 2 is 1.67 bits per heavy atom. The molecule has 0 radical (unpaired) electrons. The molecular weight excluding hydrogens is 498 g/mol. The molecule has 0 aliphatic heterocycles. The van der Waals surface area contributed by atoms with E-state index in [2.05, 4.69) is 5.32 Å². The van der Waals surface area contributed by atoms with Crippen molar-refractivity contribution >= 4 is 63.1 Å². The lowest BCUT2D eigenvalue weighted by molar-refractivity contribution is -0.384. The van der Waals surface area contributed by atoms with Crippen LogP contribution in [0.3, 0.4) is 0 Å². The standard InChI is InChI=1S/C21H12Cl3FN4O4/c22-14-3-2-6-17(25)13(14)10-27-18-8-7-11(29(32)33)9-12(18)20(30)28(27)21(31)26-19-15(23)4-1-5-16(19)24/h1-9H,10H2,(H,26,31). The molecule has 4 rings (SSSR count). The topological polar surface area (TPSA) is 99.2 Å². The number of nitro groups is 1. The maximum absolute atomic E-state index is 14.5. The van der Waals surface area contributed by atoms with Crippen molar-refractivity contribution in [2.45, 2.75) is 6.54 Å². The van der Waals surface area contributed by atoms with Crippen LogP contribution >= 0.6 is 34.8 Å². The second kappa shape index (κ2) is 8.86. The maximum atomic E-state index is 14.5. The average Bonchev–Trinajstić information content (AvgIpc) is 3.04. The summed E-state index contributed by atoms with van der Waals surface area (Å²) in [7, 11) is 0. The van der Waals surface area contributed by atoms with Crippen LogP contribution < -0.4 is 10.9 Å². The Hall–Kier alpha value is -3.40. The second-order valence-electron chi connectivity index (χ2n) is 6.86. The number of nitrogens with zero attached hydrogens (tertiary/aromatic N) is 3. The van der Waals surface area contributed by atoms with Crippen molar-refractivity contribution in [2.75, 3.05) is 5.32 Å². The van der Waals surface area contributed by atoms with Gasteiger partial charge in [0, 0.05) is 22.7 Å². The maximum Gasteiger partial charge on any atom is 0.348 e. The minimum Gasteiger partial charge on any atom is -0.303 e. The van der Waals surface area contributed by atoms with Crippen molar-refractivity contribution < 1.29 is 14.1 Å². The molecule has 1 heterocycles.